The first-order chi connectivity index (χ1) is 9.36. The zero-order valence-corrected chi connectivity index (χ0v) is 12.3. The van der Waals surface area contributed by atoms with Crippen molar-refractivity contribution in [1.82, 2.24) is 9.97 Å². The van der Waals surface area contributed by atoms with E-state index in [0.29, 0.717) is 5.88 Å². The summed E-state index contributed by atoms with van der Waals surface area (Å²) in [6, 6.07) is 1.82. The number of ether oxygens (including phenoxy) is 1. The second-order valence-corrected chi connectivity index (χ2v) is 4.85. The predicted molar refractivity (Wildman–Crippen MR) is 79.7 cm³/mol. The van der Waals surface area contributed by atoms with Crippen LogP contribution in [0.25, 0.3) is 0 Å². The van der Waals surface area contributed by atoms with Crippen molar-refractivity contribution in [2.75, 3.05) is 19.0 Å². The molecule has 1 heterocycles. The molecule has 1 rings (SSSR count). The van der Waals surface area contributed by atoms with Crippen molar-refractivity contribution in [3.63, 3.8) is 0 Å². The summed E-state index contributed by atoms with van der Waals surface area (Å²) in [7, 11) is 1.62. The molecule has 0 aliphatic carbocycles. The lowest BCUT2D eigenvalue weighted by atomic mass is 10.1. The van der Waals surface area contributed by atoms with E-state index in [4.69, 9.17) is 4.74 Å². The maximum Gasteiger partial charge on any atom is 0.218 e. The molecule has 0 aromatic carbocycles. The van der Waals surface area contributed by atoms with Crippen LogP contribution in [-0.4, -0.2) is 23.6 Å². The number of nitrogens with zero attached hydrogens (tertiary/aromatic N) is 2. The SMILES string of the molecule is CCCCCCCCCCNc1cc(OC)ncn1. The van der Waals surface area contributed by atoms with E-state index in [2.05, 4.69) is 22.2 Å². The molecule has 1 aromatic heterocycles. The average molecular weight is 265 g/mol. The molecule has 0 amide bonds. The van der Waals surface area contributed by atoms with E-state index in [1.807, 2.05) is 6.07 Å². The molecule has 0 aliphatic heterocycles. The summed E-state index contributed by atoms with van der Waals surface area (Å²) in [5.41, 5.74) is 0. The number of hydrogen-bond donors (Lipinski definition) is 1. The average Bonchev–Trinajstić information content (AvgIpc) is 2.46. The number of methoxy groups -OCH3 is 1. The number of aromatic nitrogens is 2. The fourth-order valence-corrected chi connectivity index (χ4v) is 2.02. The molecular formula is C15H27N3O. The minimum Gasteiger partial charge on any atom is -0.481 e. The Morgan fingerprint density at radius 2 is 1.68 bits per heavy atom. The topological polar surface area (TPSA) is 47.0 Å². The maximum absolute atomic E-state index is 5.06. The van der Waals surface area contributed by atoms with Crippen molar-refractivity contribution in [2.45, 2.75) is 58.3 Å². The molecule has 0 atom stereocenters. The van der Waals surface area contributed by atoms with E-state index in [1.54, 1.807) is 7.11 Å². The van der Waals surface area contributed by atoms with Crippen molar-refractivity contribution in [3.05, 3.63) is 12.4 Å². The van der Waals surface area contributed by atoms with Gasteiger partial charge in [-0.25, -0.2) is 9.97 Å². The molecule has 19 heavy (non-hydrogen) atoms. The summed E-state index contributed by atoms with van der Waals surface area (Å²) in [6.07, 6.45) is 12.2. The highest BCUT2D eigenvalue weighted by Gasteiger charge is 1.97. The van der Waals surface area contributed by atoms with Crippen molar-refractivity contribution < 1.29 is 4.74 Å². The maximum atomic E-state index is 5.06. The summed E-state index contributed by atoms with van der Waals surface area (Å²) < 4.78 is 5.06. The van der Waals surface area contributed by atoms with Crippen molar-refractivity contribution >= 4 is 5.82 Å². The molecule has 1 N–H and O–H groups in total. The van der Waals surface area contributed by atoms with Gasteiger partial charge >= 0.3 is 0 Å². The highest BCUT2D eigenvalue weighted by atomic mass is 16.5. The van der Waals surface area contributed by atoms with Crippen LogP contribution < -0.4 is 10.1 Å². The number of anilines is 1. The minimum absolute atomic E-state index is 0.605. The van der Waals surface area contributed by atoms with E-state index in [0.717, 1.165) is 12.4 Å². The lowest BCUT2D eigenvalue weighted by molar-refractivity contribution is 0.397. The Hall–Kier alpha value is -1.32. The van der Waals surface area contributed by atoms with E-state index >= 15 is 0 Å². The van der Waals surface area contributed by atoms with Gasteiger partial charge in [0.05, 0.1) is 7.11 Å². The highest BCUT2D eigenvalue weighted by molar-refractivity contribution is 5.36. The van der Waals surface area contributed by atoms with E-state index < -0.39 is 0 Å². The van der Waals surface area contributed by atoms with Crippen LogP contribution in [0.5, 0.6) is 5.88 Å². The normalized spacial score (nSPS) is 10.4. The van der Waals surface area contributed by atoms with Gasteiger partial charge in [-0.1, -0.05) is 51.9 Å². The monoisotopic (exact) mass is 265 g/mol. The van der Waals surface area contributed by atoms with Gasteiger partial charge in [-0.3, -0.25) is 0 Å². The molecule has 4 heteroatoms. The van der Waals surface area contributed by atoms with Gasteiger partial charge in [0.25, 0.3) is 0 Å². The summed E-state index contributed by atoms with van der Waals surface area (Å²) in [5.74, 6) is 1.45. The number of hydrogen-bond acceptors (Lipinski definition) is 4. The van der Waals surface area contributed by atoms with E-state index in [-0.39, 0.29) is 0 Å². The van der Waals surface area contributed by atoms with Gasteiger partial charge in [0.1, 0.15) is 12.1 Å². The zero-order valence-electron chi connectivity index (χ0n) is 12.3. The third-order valence-corrected chi connectivity index (χ3v) is 3.19. The van der Waals surface area contributed by atoms with Crippen LogP contribution in [0.15, 0.2) is 12.4 Å². The Kier molecular flexibility index (Phi) is 8.77. The van der Waals surface area contributed by atoms with Gasteiger partial charge in [-0.05, 0) is 6.42 Å². The molecular weight excluding hydrogens is 238 g/mol. The second kappa shape index (κ2) is 10.6. The lowest BCUT2D eigenvalue weighted by Crippen LogP contribution is -2.04. The van der Waals surface area contributed by atoms with Gasteiger partial charge in [-0.2, -0.15) is 0 Å². The molecule has 0 radical (unpaired) electrons. The quantitative estimate of drug-likeness (QED) is 0.613. The van der Waals surface area contributed by atoms with E-state index in [1.165, 1.54) is 57.7 Å². The molecule has 1 aromatic rings. The number of unbranched alkanes of at least 4 members (excludes halogenated alkanes) is 7. The molecule has 0 saturated heterocycles. The van der Waals surface area contributed by atoms with Crippen molar-refractivity contribution in [1.29, 1.82) is 0 Å². The van der Waals surface area contributed by atoms with Gasteiger partial charge in [0.15, 0.2) is 0 Å². The zero-order chi connectivity index (χ0) is 13.8. The molecule has 0 fully saturated rings. The first-order valence-corrected chi connectivity index (χ1v) is 7.46. The molecule has 0 aliphatic rings. The third-order valence-electron chi connectivity index (χ3n) is 3.19. The first-order valence-electron chi connectivity index (χ1n) is 7.46. The first kappa shape index (κ1) is 15.7. The van der Waals surface area contributed by atoms with Crippen LogP contribution in [0.4, 0.5) is 5.82 Å². The summed E-state index contributed by atoms with van der Waals surface area (Å²) >= 11 is 0. The Morgan fingerprint density at radius 3 is 2.37 bits per heavy atom. The Labute approximate surface area is 117 Å². The number of nitrogens with one attached hydrogen (secondary N) is 1. The Bertz CT molecular complexity index is 331. The lowest BCUT2D eigenvalue weighted by Gasteiger charge is -2.06. The predicted octanol–water partition coefficient (Wildman–Crippen LogP) is 4.04. The number of rotatable bonds is 11. The van der Waals surface area contributed by atoms with Crippen LogP contribution in [0.2, 0.25) is 0 Å². The molecule has 108 valence electrons. The highest BCUT2D eigenvalue weighted by Crippen LogP contribution is 2.11. The minimum atomic E-state index is 0.605. The van der Waals surface area contributed by atoms with E-state index in [9.17, 15) is 0 Å². The van der Waals surface area contributed by atoms with Crippen LogP contribution >= 0.6 is 0 Å². The van der Waals surface area contributed by atoms with Crippen molar-refractivity contribution in [3.8, 4) is 5.88 Å². The Balaban J connectivity index is 1.98. The largest absolute Gasteiger partial charge is 0.481 e. The summed E-state index contributed by atoms with van der Waals surface area (Å²) in [5, 5.41) is 3.30. The second-order valence-electron chi connectivity index (χ2n) is 4.85. The molecule has 0 spiro atoms. The van der Waals surface area contributed by atoms with Crippen LogP contribution in [0, 0.1) is 0 Å². The van der Waals surface area contributed by atoms with Gasteiger partial charge in [0, 0.05) is 12.6 Å². The summed E-state index contributed by atoms with van der Waals surface area (Å²) in [4.78, 5) is 8.13. The standard InChI is InChI=1S/C15H27N3O/c1-3-4-5-6-7-8-9-10-11-16-14-12-15(19-2)18-13-17-14/h12-13H,3-11H2,1-2H3,(H,16,17,18). The molecule has 0 unspecified atom stereocenters. The van der Waals surface area contributed by atoms with Crippen LogP contribution in [0.1, 0.15) is 58.3 Å². The smallest absolute Gasteiger partial charge is 0.218 e. The molecule has 0 bridgehead atoms. The van der Waals surface area contributed by atoms with Gasteiger partial charge in [0.2, 0.25) is 5.88 Å². The van der Waals surface area contributed by atoms with Crippen molar-refractivity contribution in [2.24, 2.45) is 0 Å². The third kappa shape index (κ3) is 7.65. The Morgan fingerprint density at radius 1 is 1.00 bits per heavy atom. The van der Waals surface area contributed by atoms with Gasteiger partial charge in [-0.15, -0.1) is 0 Å². The molecule has 0 saturated carbocycles. The molecule has 4 nitrogen and oxygen atoms in total. The van der Waals surface area contributed by atoms with Crippen LogP contribution in [0.3, 0.4) is 0 Å². The summed E-state index contributed by atoms with van der Waals surface area (Å²) in [6.45, 7) is 3.23. The fraction of sp³-hybridized carbons (Fsp3) is 0.733. The van der Waals surface area contributed by atoms with Crippen LogP contribution in [-0.2, 0) is 0 Å². The fourth-order valence-electron chi connectivity index (χ4n) is 2.02. The van der Waals surface area contributed by atoms with Gasteiger partial charge < -0.3 is 10.1 Å².